The number of methoxy groups -OCH3 is 1. The van der Waals surface area contributed by atoms with Crippen molar-refractivity contribution >= 4 is 5.91 Å². The van der Waals surface area contributed by atoms with E-state index in [0.29, 0.717) is 0 Å². The summed E-state index contributed by atoms with van der Waals surface area (Å²) in [7, 11) is 1.35. The molecular weight excluding hydrogens is 464 g/mol. The molecule has 2 aromatic rings. The van der Waals surface area contributed by atoms with Crippen molar-refractivity contribution in [1.29, 1.82) is 0 Å². The zero-order chi connectivity index (χ0) is 24.3. The summed E-state index contributed by atoms with van der Waals surface area (Å²) in [4.78, 5) is 18.9. The molecule has 0 radical (unpaired) electrons. The van der Waals surface area contributed by atoms with Gasteiger partial charge in [-0.05, 0) is 30.3 Å². The Labute approximate surface area is 192 Å². The number of fused-ring (bicyclic) bond motifs is 1. The number of benzene rings is 1. The number of hydrogen-bond acceptors (Lipinski definition) is 7. The Bertz CT molecular complexity index is 1040. The van der Waals surface area contributed by atoms with Crippen LogP contribution in [-0.4, -0.2) is 68.5 Å². The molecule has 3 heterocycles. The lowest BCUT2D eigenvalue weighted by molar-refractivity contribution is -0.325. The van der Waals surface area contributed by atoms with E-state index in [0.717, 1.165) is 0 Å². The number of amides is 1. The molecule has 1 aromatic carbocycles. The highest BCUT2D eigenvalue weighted by atomic mass is 19.4. The van der Waals surface area contributed by atoms with E-state index in [2.05, 4.69) is 9.72 Å². The third kappa shape index (κ3) is 4.93. The van der Waals surface area contributed by atoms with Crippen LogP contribution in [0.1, 0.15) is 22.5 Å². The lowest BCUT2D eigenvalue weighted by Gasteiger charge is -2.41. The number of halogens is 4. The van der Waals surface area contributed by atoms with Crippen LogP contribution >= 0.6 is 0 Å². The molecule has 1 aromatic heterocycles. The normalized spacial score (nSPS) is 22.4. The summed E-state index contributed by atoms with van der Waals surface area (Å²) >= 11 is 0. The summed E-state index contributed by atoms with van der Waals surface area (Å²) in [5.74, 6) is -0.476. The smallest absolute Gasteiger partial charge is 0.493 e. The number of carbonyl (C=O) groups excluding carboxylic acids is 1. The van der Waals surface area contributed by atoms with Crippen molar-refractivity contribution in [3.8, 4) is 11.5 Å². The molecular formula is C22H22F4N2O6. The lowest BCUT2D eigenvalue weighted by Crippen LogP contribution is -2.54. The van der Waals surface area contributed by atoms with Gasteiger partial charge in [-0.15, -0.1) is 13.2 Å². The SMILES string of the molecule is COc1cc(C(=O)N2CC[C@]3(c4ncccc4F)OCO[C@@H]3C2)ccc1OCCOC(F)(F)F. The van der Waals surface area contributed by atoms with Gasteiger partial charge in [0.1, 0.15) is 36.6 Å². The molecule has 2 aliphatic rings. The van der Waals surface area contributed by atoms with Crippen LogP contribution < -0.4 is 9.47 Å². The number of alkyl halides is 3. The first-order chi connectivity index (χ1) is 16.2. The summed E-state index contributed by atoms with van der Waals surface area (Å²) in [5, 5.41) is 0. The van der Waals surface area contributed by atoms with E-state index in [9.17, 15) is 22.4 Å². The van der Waals surface area contributed by atoms with Gasteiger partial charge in [0, 0.05) is 24.7 Å². The summed E-state index contributed by atoms with van der Waals surface area (Å²) in [5.41, 5.74) is -0.635. The third-order valence-corrected chi connectivity index (χ3v) is 5.71. The number of carbonyl (C=O) groups is 1. The Morgan fingerprint density at radius 1 is 1.26 bits per heavy atom. The van der Waals surface area contributed by atoms with Crippen LogP contribution in [0, 0.1) is 5.82 Å². The van der Waals surface area contributed by atoms with Crippen molar-refractivity contribution in [2.75, 3.05) is 40.2 Å². The van der Waals surface area contributed by atoms with Crippen LogP contribution in [0.2, 0.25) is 0 Å². The minimum Gasteiger partial charge on any atom is -0.493 e. The topological polar surface area (TPSA) is 79.4 Å². The van der Waals surface area contributed by atoms with E-state index in [1.54, 1.807) is 4.90 Å². The molecule has 0 unspecified atom stereocenters. The van der Waals surface area contributed by atoms with Crippen molar-refractivity contribution in [3.05, 3.63) is 53.6 Å². The molecule has 0 N–H and O–H groups in total. The Morgan fingerprint density at radius 2 is 2.09 bits per heavy atom. The first kappa shape index (κ1) is 24.2. The Kier molecular flexibility index (Phi) is 6.91. The maximum atomic E-state index is 14.5. The Morgan fingerprint density at radius 3 is 2.82 bits per heavy atom. The van der Waals surface area contributed by atoms with Crippen molar-refractivity contribution < 1.29 is 46.0 Å². The third-order valence-electron chi connectivity index (χ3n) is 5.71. The minimum atomic E-state index is -4.74. The second kappa shape index (κ2) is 9.72. The molecule has 2 saturated heterocycles. The molecule has 184 valence electrons. The van der Waals surface area contributed by atoms with Gasteiger partial charge < -0.3 is 23.8 Å². The molecule has 2 fully saturated rings. The van der Waals surface area contributed by atoms with Gasteiger partial charge in [0.25, 0.3) is 5.91 Å². The molecule has 0 spiro atoms. The number of rotatable bonds is 7. The Hall–Kier alpha value is -2.96. The summed E-state index contributed by atoms with van der Waals surface area (Å²) in [6.45, 7) is -0.668. The van der Waals surface area contributed by atoms with Crippen LogP contribution in [0.25, 0.3) is 0 Å². The van der Waals surface area contributed by atoms with Gasteiger partial charge in [-0.25, -0.2) is 4.39 Å². The molecule has 12 heteroatoms. The maximum absolute atomic E-state index is 14.5. The molecule has 1 amide bonds. The molecule has 4 rings (SSSR count). The number of pyridine rings is 1. The maximum Gasteiger partial charge on any atom is 0.522 e. The van der Waals surface area contributed by atoms with Gasteiger partial charge in [0.15, 0.2) is 11.5 Å². The second-order valence-electron chi connectivity index (χ2n) is 7.65. The van der Waals surface area contributed by atoms with E-state index >= 15 is 0 Å². The number of likely N-dealkylation sites (tertiary alicyclic amines) is 1. The predicted octanol–water partition coefficient (Wildman–Crippen LogP) is 3.26. The fourth-order valence-electron chi connectivity index (χ4n) is 4.11. The van der Waals surface area contributed by atoms with Crippen LogP contribution in [0.3, 0.4) is 0 Å². The first-order valence-electron chi connectivity index (χ1n) is 10.4. The summed E-state index contributed by atoms with van der Waals surface area (Å²) in [6.07, 6.45) is -3.58. The van der Waals surface area contributed by atoms with Crippen LogP contribution in [0.5, 0.6) is 11.5 Å². The highest BCUT2D eigenvalue weighted by Crippen LogP contribution is 2.43. The average molecular weight is 486 g/mol. The molecule has 2 aliphatic heterocycles. The van der Waals surface area contributed by atoms with Crippen molar-refractivity contribution in [3.63, 3.8) is 0 Å². The second-order valence-corrected chi connectivity index (χ2v) is 7.65. The zero-order valence-corrected chi connectivity index (χ0v) is 18.1. The van der Waals surface area contributed by atoms with Gasteiger partial charge in [0.05, 0.1) is 20.3 Å². The fraction of sp³-hybridized carbons (Fsp3) is 0.455. The highest BCUT2D eigenvalue weighted by molar-refractivity contribution is 5.95. The van der Waals surface area contributed by atoms with Crippen LogP contribution in [0.4, 0.5) is 17.6 Å². The molecule has 8 nitrogen and oxygen atoms in total. The number of ether oxygens (including phenoxy) is 5. The fourth-order valence-corrected chi connectivity index (χ4v) is 4.11. The molecule has 2 atom stereocenters. The average Bonchev–Trinajstić information content (AvgIpc) is 3.25. The number of hydrogen-bond donors (Lipinski definition) is 0. The molecule has 34 heavy (non-hydrogen) atoms. The van der Waals surface area contributed by atoms with Crippen molar-refractivity contribution in [2.45, 2.75) is 24.5 Å². The number of aromatic nitrogens is 1. The van der Waals surface area contributed by atoms with E-state index in [1.165, 1.54) is 43.6 Å². The van der Waals surface area contributed by atoms with Gasteiger partial charge in [-0.2, -0.15) is 0 Å². The monoisotopic (exact) mass is 486 g/mol. The van der Waals surface area contributed by atoms with Gasteiger partial charge >= 0.3 is 6.36 Å². The van der Waals surface area contributed by atoms with E-state index in [-0.39, 0.29) is 61.6 Å². The standard InChI is InChI=1S/C22H22F4N2O6/c1-30-17-11-14(4-5-16(17)31-9-10-33-22(24,25)26)20(29)28-8-6-21(18(12-28)32-13-34-21)19-15(23)3-2-7-27-19/h2-5,7,11,18H,6,8-10,12-13H2,1H3/t18-,21+/m1/s1. The van der Waals surface area contributed by atoms with Gasteiger partial charge in [-0.3, -0.25) is 14.5 Å². The molecule has 0 bridgehead atoms. The van der Waals surface area contributed by atoms with Crippen LogP contribution in [-0.2, 0) is 19.8 Å². The van der Waals surface area contributed by atoms with E-state index in [4.69, 9.17) is 18.9 Å². The quantitative estimate of drug-likeness (QED) is 0.439. The minimum absolute atomic E-state index is 0.0410. The highest BCUT2D eigenvalue weighted by Gasteiger charge is 2.53. The predicted molar refractivity (Wildman–Crippen MR) is 108 cm³/mol. The largest absolute Gasteiger partial charge is 0.522 e. The van der Waals surface area contributed by atoms with Crippen molar-refractivity contribution in [1.82, 2.24) is 9.88 Å². The summed E-state index contributed by atoms with van der Waals surface area (Å²) in [6, 6.07) is 7.15. The number of nitrogens with zero attached hydrogens (tertiary/aromatic N) is 2. The lowest BCUT2D eigenvalue weighted by atomic mass is 9.84. The van der Waals surface area contributed by atoms with Gasteiger partial charge in [0.2, 0.25) is 0 Å². The first-order valence-corrected chi connectivity index (χ1v) is 10.4. The van der Waals surface area contributed by atoms with E-state index in [1.807, 2.05) is 0 Å². The van der Waals surface area contributed by atoms with Crippen molar-refractivity contribution in [2.24, 2.45) is 0 Å². The summed E-state index contributed by atoms with van der Waals surface area (Å²) < 4.78 is 76.3. The Balaban J connectivity index is 1.44. The number of piperidine rings is 1. The van der Waals surface area contributed by atoms with Crippen LogP contribution in [0.15, 0.2) is 36.5 Å². The van der Waals surface area contributed by atoms with Gasteiger partial charge in [-0.1, -0.05) is 0 Å². The zero-order valence-electron chi connectivity index (χ0n) is 18.1. The molecule has 0 aliphatic carbocycles. The van der Waals surface area contributed by atoms with E-state index < -0.39 is 30.5 Å². The molecule has 0 saturated carbocycles.